The molecule has 0 atom stereocenters. The molecule has 0 aromatic heterocycles. The van der Waals surface area contributed by atoms with Crippen LogP contribution in [0.25, 0.3) is 0 Å². The van der Waals surface area contributed by atoms with E-state index in [2.05, 4.69) is 4.74 Å². The normalized spacial score (nSPS) is 13.1. The summed E-state index contributed by atoms with van der Waals surface area (Å²) in [6.07, 6.45) is 2.17. The molecule has 0 saturated carbocycles. The highest BCUT2D eigenvalue weighted by Gasteiger charge is 2.10. The third-order valence-corrected chi connectivity index (χ3v) is 1.31. The van der Waals surface area contributed by atoms with Crippen LogP contribution in [0.15, 0.2) is 42.5 Å². The molecule has 0 radical (unpaired) electrons. The van der Waals surface area contributed by atoms with Gasteiger partial charge in [0.2, 0.25) is 0 Å². The summed E-state index contributed by atoms with van der Waals surface area (Å²) in [5.41, 5.74) is 0. The van der Waals surface area contributed by atoms with Crippen LogP contribution in [0, 0.1) is 0 Å². The van der Waals surface area contributed by atoms with Crippen molar-refractivity contribution in [2.75, 3.05) is 0 Å². The highest BCUT2D eigenvalue weighted by Crippen LogP contribution is 2.02. The number of hydrogen-bond donors (Lipinski definition) is 1. The number of aromatic hydroxyl groups is 1. The van der Waals surface area contributed by atoms with E-state index in [0.29, 0.717) is 5.75 Å². The highest BCUT2D eigenvalue weighted by molar-refractivity contribution is 6.04. The highest BCUT2D eigenvalue weighted by atomic mass is 16.6. The Morgan fingerprint density at radius 1 is 0.929 bits per heavy atom. The summed E-state index contributed by atoms with van der Waals surface area (Å²) in [5.74, 6) is -0.836. The monoisotopic (exact) mass is 192 g/mol. The second kappa shape index (κ2) is 4.81. The van der Waals surface area contributed by atoms with Crippen molar-refractivity contribution in [2.45, 2.75) is 0 Å². The lowest BCUT2D eigenvalue weighted by Gasteiger charge is -1.82. The van der Waals surface area contributed by atoms with Crippen molar-refractivity contribution in [2.24, 2.45) is 0 Å². The Kier molecular flexibility index (Phi) is 3.43. The number of hydrogen-bond acceptors (Lipinski definition) is 4. The molecular weight excluding hydrogens is 184 g/mol. The molecule has 1 aliphatic heterocycles. The molecule has 1 N–H and O–H groups in total. The second-order valence-corrected chi connectivity index (χ2v) is 2.41. The first kappa shape index (κ1) is 9.98. The Balaban J connectivity index is 0.000000140. The maximum absolute atomic E-state index is 9.92. The number of ether oxygens (including phenoxy) is 1. The van der Waals surface area contributed by atoms with Gasteiger partial charge in [-0.05, 0) is 12.1 Å². The molecule has 0 aliphatic carbocycles. The van der Waals surface area contributed by atoms with Crippen LogP contribution in [-0.4, -0.2) is 17.0 Å². The van der Waals surface area contributed by atoms with Crippen LogP contribution >= 0.6 is 0 Å². The molecule has 0 unspecified atom stereocenters. The van der Waals surface area contributed by atoms with Gasteiger partial charge in [-0.25, -0.2) is 9.59 Å². The third kappa shape index (κ3) is 3.53. The molecule has 0 spiro atoms. The minimum absolute atomic E-state index is 0.322. The van der Waals surface area contributed by atoms with Crippen LogP contribution in [0.5, 0.6) is 5.75 Å². The summed E-state index contributed by atoms with van der Waals surface area (Å²) in [6, 6.07) is 8.71. The van der Waals surface area contributed by atoms with Crippen LogP contribution in [-0.2, 0) is 14.3 Å². The van der Waals surface area contributed by atoms with Crippen molar-refractivity contribution in [3.63, 3.8) is 0 Å². The van der Waals surface area contributed by atoms with Gasteiger partial charge in [0.1, 0.15) is 5.75 Å². The van der Waals surface area contributed by atoms with Gasteiger partial charge in [0.05, 0.1) is 0 Å². The summed E-state index contributed by atoms with van der Waals surface area (Å²) < 4.78 is 3.97. The molecular formula is C10H8O4. The average molecular weight is 192 g/mol. The van der Waals surface area contributed by atoms with E-state index in [1.165, 1.54) is 0 Å². The molecule has 4 heteroatoms. The number of para-hydroxylation sites is 1. The largest absolute Gasteiger partial charge is 0.508 e. The number of benzene rings is 1. The van der Waals surface area contributed by atoms with E-state index >= 15 is 0 Å². The number of carbonyl (C=O) groups excluding carboxylic acids is 2. The summed E-state index contributed by atoms with van der Waals surface area (Å²) in [4.78, 5) is 19.8. The maximum atomic E-state index is 9.92. The molecule has 1 aromatic rings. The number of carbonyl (C=O) groups is 2. The van der Waals surface area contributed by atoms with Gasteiger partial charge in [-0.2, -0.15) is 0 Å². The molecule has 0 amide bonds. The Labute approximate surface area is 80.4 Å². The molecule has 0 saturated heterocycles. The Morgan fingerprint density at radius 2 is 1.43 bits per heavy atom. The smallest absolute Gasteiger partial charge is 0.338 e. The standard InChI is InChI=1S/C6H6O.C4H2O3/c7-6-4-2-1-3-5-6;5-3-1-2-4(6)7-3/h1-5,7H;1-2H. The summed E-state index contributed by atoms with van der Waals surface area (Å²) in [7, 11) is 0. The number of cyclic esters (lactones) is 2. The van der Waals surface area contributed by atoms with Crippen LogP contribution in [0.4, 0.5) is 0 Å². The molecule has 1 heterocycles. The Morgan fingerprint density at radius 3 is 1.64 bits per heavy atom. The van der Waals surface area contributed by atoms with Gasteiger partial charge < -0.3 is 9.84 Å². The third-order valence-electron chi connectivity index (χ3n) is 1.31. The second-order valence-electron chi connectivity index (χ2n) is 2.41. The van der Waals surface area contributed by atoms with E-state index in [1.54, 1.807) is 24.3 Å². The van der Waals surface area contributed by atoms with Gasteiger partial charge in [0.15, 0.2) is 0 Å². The van der Waals surface area contributed by atoms with Crippen molar-refractivity contribution in [1.29, 1.82) is 0 Å². The lowest BCUT2D eigenvalue weighted by Crippen LogP contribution is -1.96. The van der Waals surface area contributed by atoms with E-state index in [4.69, 9.17) is 5.11 Å². The lowest BCUT2D eigenvalue weighted by molar-refractivity contribution is -0.150. The molecule has 4 nitrogen and oxygen atoms in total. The first-order chi connectivity index (χ1) is 6.68. The zero-order chi connectivity index (χ0) is 10.4. The van der Waals surface area contributed by atoms with E-state index in [9.17, 15) is 9.59 Å². The molecule has 1 aromatic carbocycles. The number of rotatable bonds is 0. The first-order valence-electron chi connectivity index (χ1n) is 3.86. The topological polar surface area (TPSA) is 63.6 Å². The fraction of sp³-hybridized carbons (Fsp3) is 0. The van der Waals surface area contributed by atoms with Crippen LogP contribution in [0.1, 0.15) is 0 Å². The zero-order valence-electron chi connectivity index (χ0n) is 7.21. The summed E-state index contributed by atoms with van der Waals surface area (Å²) >= 11 is 0. The van der Waals surface area contributed by atoms with E-state index < -0.39 is 11.9 Å². The van der Waals surface area contributed by atoms with Crippen LogP contribution in [0.2, 0.25) is 0 Å². The summed E-state index contributed by atoms with van der Waals surface area (Å²) in [5, 5.41) is 8.63. The first-order valence-corrected chi connectivity index (χ1v) is 3.86. The van der Waals surface area contributed by atoms with E-state index in [1.807, 2.05) is 6.07 Å². The predicted molar refractivity (Wildman–Crippen MR) is 48.3 cm³/mol. The molecule has 14 heavy (non-hydrogen) atoms. The quantitative estimate of drug-likeness (QED) is 0.492. The lowest BCUT2D eigenvalue weighted by atomic mass is 10.3. The van der Waals surface area contributed by atoms with Gasteiger partial charge in [-0.1, -0.05) is 18.2 Å². The molecule has 2 rings (SSSR count). The van der Waals surface area contributed by atoms with Crippen molar-refractivity contribution in [3.8, 4) is 5.75 Å². The fourth-order valence-corrected chi connectivity index (χ4v) is 0.731. The average Bonchev–Trinajstić information content (AvgIpc) is 2.52. The molecule has 1 aliphatic rings. The van der Waals surface area contributed by atoms with Gasteiger partial charge in [0, 0.05) is 12.2 Å². The summed E-state index contributed by atoms with van der Waals surface area (Å²) in [6.45, 7) is 0. The van der Waals surface area contributed by atoms with Crippen molar-refractivity contribution >= 4 is 11.9 Å². The minimum atomic E-state index is -0.579. The molecule has 0 fully saturated rings. The SMILES string of the molecule is O=C1C=CC(=O)O1.Oc1ccccc1. The predicted octanol–water partition coefficient (Wildman–Crippen LogP) is 1.02. The van der Waals surface area contributed by atoms with Crippen molar-refractivity contribution < 1.29 is 19.4 Å². The minimum Gasteiger partial charge on any atom is -0.508 e. The van der Waals surface area contributed by atoms with Gasteiger partial charge in [-0.3, -0.25) is 0 Å². The van der Waals surface area contributed by atoms with Gasteiger partial charge >= 0.3 is 11.9 Å². The Hall–Kier alpha value is -2.10. The van der Waals surface area contributed by atoms with Crippen LogP contribution in [0.3, 0.4) is 0 Å². The van der Waals surface area contributed by atoms with E-state index in [-0.39, 0.29) is 0 Å². The number of phenolic OH excluding ortho intramolecular Hbond substituents is 1. The number of esters is 2. The molecule has 72 valence electrons. The zero-order valence-corrected chi connectivity index (χ0v) is 7.21. The number of phenols is 1. The fourth-order valence-electron chi connectivity index (χ4n) is 0.731. The van der Waals surface area contributed by atoms with Crippen molar-refractivity contribution in [3.05, 3.63) is 42.5 Å². The Bertz CT molecular complexity index is 338. The van der Waals surface area contributed by atoms with E-state index in [0.717, 1.165) is 12.2 Å². The van der Waals surface area contributed by atoms with Crippen LogP contribution < -0.4 is 0 Å². The van der Waals surface area contributed by atoms with Gasteiger partial charge in [0.25, 0.3) is 0 Å². The van der Waals surface area contributed by atoms with Crippen molar-refractivity contribution in [1.82, 2.24) is 0 Å². The van der Waals surface area contributed by atoms with Gasteiger partial charge in [-0.15, -0.1) is 0 Å². The molecule has 0 bridgehead atoms. The maximum Gasteiger partial charge on any atom is 0.338 e.